The van der Waals surface area contributed by atoms with Gasteiger partial charge < -0.3 is 5.73 Å². The zero-order valence-electron chi connectivity index (χ0n) is 8.96. The van der Waals surface area contributed by atoms with Crippen molar-refractivity contribution in [2.24, 2.45) is 5.73 Å². The number of aryl methyl sites for hydroxylation is 2. The van der Waals surface area contributed by atoms with Crippen LogP contribution in [-0.4, -0.2) is 15.9 Å². The molecule has 0 unspecified atom stereocenters. The first-order valence-corrected chi connectivity index (χ1v) is 4.58. The quantitative estimate of drug-likeness (QED) is 0.770. The number of carbonyl (C=O) groups excluding carboxylic acids is 1. The summed E-state index contributed by atoms with van der Waals surface area (Å²) in [5.41, 5.74) is 6.98. The average molecular weight is 193 g/mol. The lowest BCUT2D eigenvalue weighted by molar-refractivity contribution is 0.0998. The minimum absolute atomic E-state index is 0.259. The van der Waals surface area contributed by atoms with E-state index in [1.165, 1.54) is 0 Å². The minimum atomic E-state index is -0.463. The van der Waals surface area contributed by atoms with E-state index >= 15 is 0 Å². The molecular weight excluding hydrogens is 178 g/mol. The normalized spacial score (nSPS) is 10.6. The summed E-state index contributed by atoms with van der Waals surface area (Å²) in [6.45, 7) is 7.58. The molecule has 2 N–H and O–H groups in total. The lowest BCUT2D eigenvalue weighted by Gasteiger charge is -2.09. The van der Waals surface area contributed by atoms with E-state index in [0.717, 1.165) is 5.82 Å². The van der Waals surface area contributed by atoms with E-state index in [1.54, 1.807) is 13.8 Å². The second kappa shape index (κ2) is 3.74. The molecule has 4 heteroatoms. The van der Waals surface area contributed by atoms with Crippen molar-refractivity contribution in [3.8, 4) is 0 Å². The number of hydrogen-bond acceptors (Lipinski definition) is 3. The third kappa shape index (κ3) is 1.89. The number of aromatic nitrogens is 2. The third-order valence-electron chi connectivity index (χ3n) is 2.05. The van der Waals surface area contributed by atoms with Crippen LogP contribution in [0.2, 0.25) is 0 Å². The molecule has 1 aromatic rings. The van der Waals surface area contributed by atoms with Gasteiger partial charge in [-0.3, -0.25) is 4.79 Å². The molecule has 1 aromatic heterocycles. The van der Waals surface area contributed by atoms with Crippen LogP contribution < -0.4 is 5.73 Å². The lowest BCUT2D eigenvalue weighted by atomic mass is 10.1. The second-order valence-corrected chi connectivity index (χ2v) is 3.65. The fraction of sp³-hybridized carbons (Fsp3) is 0.500. The van der Waals surface area contributed by atoms with Crippen molar-refractivity contribution >= 4 is 5.91 Å². The van der Waals surface area contributed by atoms with Gasteiger partial charge in [0.25, 0.3) is 5.91 Å². The van der Waals surface area contributed by atoms with Crippen molar-refractivity contribution < 1.29 is 4.79 Å². The highest BCUT2D eigenvalue weighted by Crippen LogP contribution is 2.14. The molecule has 0 radical (unpaired) electrons. The molecule has 14 heavy (non-hydrogen) atoms. The summed E-state index contributed by atoms with van der Waals surface area (Å²) in [5, 5.41) is 0. The second-order valence-electron chi connectivity index (χ2n) is 3.65. The Morgan fingerprint density at radius 2 is 1.64 bits per heavy atom. The number of nitrogens with two attached hydrogens (primary N) is 1. The number of nitrogens with zero attached hydrogens (tertiary/aromatic N) is 2. The first kappa shape index (κ1) is 10.6. The van der Waals surface area contributed by atoms with Gasteiger partial charge in [-0.1, -0.05) is 13.8 Å². The van der Waals surface area contributed by atoms with Gasteiger partial charge in [-0.15, -0.1) is 0 Å². The highest BCUT2D eigenvalue weighted by Gasteiger charge is 2.14. The van der Waals surface area contributed by atoms with Crippen LogP contribution in [-0.2, 0) is 0 Å². The van der Waals surface area contributed by atoms with E-state index in [-0.39, 0.29) is 5.92 Å². The van der Waals surface area contributed by atoms with Gasteiger partial charge in [0.05, 0.1) is 17.0 Å². The van der Waals surface area contributed by atoms with Crippen LogP contribution in [0.5, 0.6) is 0 Å². The molecule has 0 aromatic carbocycles. The molecule has 0 bridgehead atoms. The monoisotopic (exact) mass is 193 g/mol. The Bertz CT molecular complexity index is 349. The molecule has 1 heterocycles. The molecular formula is C10H15N3O. The van der Waals surface area contributed by atoms with E-state index in [2.05, 4.69) is 9.97 Å². The largest absolute Gasteiger partial charge is 0.365 e. The highest BCUT2D eigenvalue weighted by atomic mass is 16.1. The summed E-state index contributed by atoms with van der Waals surface area (Å²) < 4.78 is 0. The van der Waals surface area contributed by atoms with Gasteiger partial charge in [-0.25, -0.2) is 9.97 Å². The summed E-state index contributed by atoms with van der Waals surface area (Å²) in [5.74, 6) is 0.551. The van der Waals surface area contributed by atoms with E-state index in [4.69, 9.17) is 5.73 Å². The number of rotatable bonds is 2. The van der Waals surface area contributed by atoms with Gasteiger partial charge in [0.15, 0.2) is 0 Å². The fourth-order valence-corrected chi connectivity index (χ4v) is 1.36. The Kier molecular flexibility index (Phi) is 2.84. The average Bonchev–Trinajstić information content (AvgIpc) is 2.01. The van der Waals surface area contributed by atoms with E-state index < -0.39 is 5.91 Å². The van der Waals surface area contributed by atoms with E-state index in [0.29, 0.717) is 17.0 Å². The van der Waals surface area contributed by atoms with Gasteiger partial charge in [0, 0.05) is 5.92 Å². The molecule has 1 amide bonds. The predicted molar refractivity (Wildman–Crippen MR) is 54.1 cm³/mol. The van der Waals surface area contributed by atoms with Crippen molar-refractivity contribution in [1.82, 2.24) is 9.97 Å². The SMILES string of the molecule is Cc1nc(C(C)C)nc(C)c1C(N)=O. The van der Waals surface area contributed by atoms with E-state index in [1.807, 2.05) is 13.8 Å². The number of carbonyl (C=O) groups is 1. The fourth-order valence-electron chi connectivity index (χ4n) is 1.36. The maximum Gasteiger partial charge on any atom is 0.252 e. The Hall–Kier alpha value is -1.45. The van der Waals surface area contributed by atoms with Crippen molar-refractivity contribution in [2.75, 3.05) is 0 Å². The molecule has 0 saturated heterocycles. The molecule has 0 aliphatic carbocycles. The van der Waals surface area contributed by atoms with Crippen LogP contribution in [0.4, 0.5) is 0 Å². The van der Waals surface area contributed by atoms with Crippen LogP contribution in [0.3, 0.4) is 0 Å². The Morgan fingerprint density at radius 3 is 1.93 bits per heavy atom. The Balaban J connectivity index is 3.32. The van der Waals surface area contributed by atoms with Crippen LogP contribution in [0.15, 0.2) is 0 Å². The zero-order chi connectivity index (χ0) is 10.9. The standard InChI is InChI=1S/C10H15N3O/c1-5(2)10-12-6(3)8(9(11)14)7(4)13-10/h5H,1-4H3,(H2,11,14). The van der Waals surface area contributed by atoms with Crippen molar-refractivity contribution in [1.29, 1.82) is 0 Å². The van der Waals surface area contributed by atoms with Crippen molar-refractivity contribution in [2.45, 2.75) is 33.6 Å². The molecule has 0 saturated carbocycles. The Labute approximate surface area is 83.6 Å². The van der Waals surface area contributed by atoms with Crippen LogP contribution >= 0.6 is 0 Å². The molecule has 76 valence electrons. The summed E-state index contributed by atoms with van der Waals surface area (Å²) in [6, 6.07) is 0. The first-order valence-electron chi connectivity index (χ1n) is 4.58. The summed E-state index contributed by atoms with van der Waals surface area (Å²) in [7, 11) is 0. The summed E-state index contributed by atoms with van der Waals surface area (Å²) in [4.78, 5) is 19.6. The molecule has 0 spiro atoms. The van der Waals surface area contributed by atoms with Gasteiger partial charge in [0.1, 0.15) is 5.82 Å². The van der Waals surface area contributed by atoms with E-state index in [9.17, 15) is 4.79 Å². The number of primary amides is 1. The van der Waals surface area contributed by atoms with Gasteiger partial charge in [0.2, 0.25) is 0 Å². The van der Waals surface area contributed by atoms with Crippen LogP contribution in [0, 0.1) is 13.8 Å². The molecule has 1 rings (SSSR count). The van der Waals surface area contributed by atoms with Gasteiger partial charge >= 0.3 is 0 Å². The minimum Gasteiger partial charge on any atom is -0.365 e. The molecule has 0 aliphatic heterocycles. The van der Waals surface area contributed by atoms with Gasteiger partial charge in [-0.2, -0.15) is 0 Å². The lowest BCUT2D eigenvalue weighted by Crippen LogP contribution is -2.18. The smallest absolute Gasteiger partial charge is 0.252 e. The molecule has 4 nitrogen and oxygen atoms in total. The molecule has 0 fully saturated rings. The summed E-state index contributed by atoms with van der Waals surface area (Å²) >= 11 is 0. The third-order valence-corrected chi connectivity index (χ3v) is 2.05. The van der Waals surface area contributed by atoms with Crippen molar-refractivity contribution in [3.63, 3.8) is 0 Å². The maximum absolute atomic E-state index is 11.1. The van der Waals surface area contributed by atoms with Crippen LogP contribution in [0.1, 0.15) is 47.3 Å². The molecule has 0 atom stereocenters. The number of hydrogen-bond donors (Lipinski definition) is 1. The zero-order valence-corrected chi connectivity index (χ0v) is 8.96. The summed E-state index contributed by atoms with van der Waals surface area (Å²) in [6.07, 6.45) is 0. The van der Waals surface area contributed by atoms with Crippen molar-refractivity contribution in [3.05, 3.63) is 22.8 Å². The Morgan fingerprint density at radius 1 is 1.21 bits per heavy atom. The topological polar surface area (TPSA) is 68.9 Å². The maximum atomic E-state index is 11.1. The molecule has 0 aliphatic rings. The highest BCUT2D eigenvalue weighted by molar-refractivity contribution is 5.94. The predicted octanol–water partition coefficient (Wildman–Crippen LogP) is 1.32. The van der Waals surface area contributed by atoms with Gasteiger partial charge in [-0.05, 0) is 13.8 Å². The van der Waals surface area contributed by atoms with Crippen LogP contribution in [0.25, 0.3) is 0 Å². The number of amides is 1. The first-order chi connectivity index (χ1) is 6.43.